The molecule has 1 aliphatic rings. The van der Waals surface area contributed by atoms with Gasteiger partial charge in [0.25, 0.3) is 0 Å². The molecule has 0 fully saturated rings. The van der Waals surface area contributed by atoms with Crippen LogP contribution in [0.4, 0.5) is 0 Å². The Morgan fingerprint density at radius 2 is 2.67 bits per heavy atom. The van der Waals surface area contributed by atoms with Gasteiger partial charge in [0, 0.05) is 17.9 Å². The van der Waals surface area contributed by atoms with Crippen LogP contribution in [0.3, 0.4) is 0 Å². The lowest BCUT2D eigenvalue weighted by Gasteiger charge is -2.07. The van der Waals surface area contributed by atoms with E-state index in [1.807, 2.05) is 11.8 Å². The van der Waals surface area contributed by atoms with Crippen LogP contribution >= 0.6 is 11.8 Å². The van der Waals surface area contributed by atoms with Gasteiger partial charge in [-0.1, -0.05) is 0 Å². The maximum atomic E-state index is 4.19. The molecule has 1 N–H and O–H groups in total. The first kappa shape index (κ1) is 5.35. The first-order chi connectivity index (χ1) is 4.47. The van der Waals surface area contributed by atoms with E-state index in [0.717, 1.165) is 12.2 Å². The van der Waals surface area contributed by atoms with E-state index in [2.05, 4.69) is 9.97 Å². The molecule has 0 aromatic carbocycles. The summed E-state index contributed by atoms with van der Waals surface area (Å²) in [5, 5.41) is 0. The quantitative estimate of drug-likeness (QED) is 0.586. The third-order valence-corrected chi connectivity index (χ3v) is 2.52. The third kappa shape index (κ3) is 0.852. The Bertz CT molecular complexity index is 186. The first-order valence-electron chi connectivity index (χ1n) is 3.05. The summed E-state index contributed by atoms with van der Waals surface area (Å²) in [6, 6.07) is 0. The molecule has 48 valence electrons. The van der Waals surface area contributed by atoms with E-state index in [9.17, 15) is 0 Å². The van der Waals surface area contributed by atoms with Gasteiger partial charge < -0.3 is 4.98 Å². The van der Waals surface area contributed by atoms with Crippen LogP contribution in [-0.4, -0.2) is 15.7 Å². The van der Waals surface area contributed by atoms with Gasteiger partial charge >= 0.3 is 0 Å². The summed E-state index contributed by atoms with van der Waals surface area (Å²) in [5.41, 5.74) is 2.60. The second-order valence-corrected chi connectivity index (χ2v) is 3.24. The SMILES string of the molecule is c1nc2c([nH]1)CSCC2. The Labute approximate surface area is 58.1 Å². The molecule has 0 saturated carbocycles. The minimum Gasteiger partial charge on any atom is -0.348 e. The summed E-state index contributed by atoms with van der Waals surface area (Å²) in [7, 11) is 0. The highest BCUT2D eigenvalue weighted by molar-refractivity contribution is 7.98. The minimum atomic E-state index is 1.12. The van der Waals surface area contributed by atoms with Crippen molar-refractivity contribution in [1.82, 2.24) is 9.97 Å². The topological polar surface area (TPSA) is 28.7 Å². The van der Waals surface area contributed by atoms with Crippen LogP contribution in [0.1, 0.15) is 11.4 Å². The van der Waals surface area contributed by atoms with Crippen molar-refractivity contribution in [2.75, 3.05) is 5.75 Å². The van der Waals surface area contributed by atoms with E-state index in [1.165, 1.54) is 17.1 Å². The molecule has 0 amide bonds. The van der Waals surface area contributed by atoms with Crippen molar-refractivity contribution >= 4 is 11.8 Å². The molecule has 1 aromatic heterocycles. The average molecular weight is 140 g/mol. The van der Waals surface area contributed by atoms with E-state index >= 15 is 0 Å². The number of rotatable bonds is 0. The summed E-state index contributed by atoms with van der Waals surface area (Å²) < 4.78 is 0. The molecular formula is C6H8N2S. The number of nitrogens with zero attached hydrogens (tertiary/aromatic N) is 1. The second-order valence-electron chi connectivity index (χ2n) is 2.13. The molecule has 0 atom stereocenters. The molecule has 0 saturated heterocycles. The van der Waals surface area contributed by atoms with Crippen LogP contribution in [0.5, 0.6) is 0 Å². The fraction of sp³-hybridized carbons (Fsp3) is 0.500. The zero-order valence-corrected chi connectivity index (χ0v) is 5.87. The molecule has 3 heteroatoms. The van der Waals surface area contributed by atoms with Crippen LogP contribution in [0.15, 0.2) is 6.33 Å². The first-order valence-corrected chi connectivity index (χ1v) is 4.21. The van der Waals surface area contributed by atoms with Crippen LogP contribution in [0.25, 0.3) is 0 Å². The normalized spacial score (nSPS) is 17.3. The van der Waals surface area contributed by atoms with Gasteiger partial charge in [0.15, 0.2) is 0 Å². The fourth-order valence-electron chi connectivity index (χ4n) is 1.03. The lowest BCUT2D eigenvalue weighted by atomic mass is 10.3. The Morgan fingerprint density at radius 3 is 3.56 bits per heavy atom. The van der Waals surface area contributed by atoms with Crippen LogP contribution in [0, 0.1) is 0 Å². The van der Waals surface area contributed by atoms with E-state index in [0.29, 0.717) is 0 Å². The molecule has 1 aromatic rings. The summed E-state index contributed by atoms with van der Waals surface area (Å²) >= 11 is 1.97. The Balaban J connectivity index is 2.39. The predicted molar refractivity (Wildman–Crippen MR) is 38.5 cm³/mol. The lowest BCUT2D eigenvalue weighted by Crippen LogP contribution is -2.00. The lowest BCUT2D eigenvalue weighted by molar-refractivity contribution is 1.02. The van der Waals surface area contributed by atoms with Crippen molar-refractivity contribution in [2.24, 2.45) is 0 Å². The monoisotopic (exact) mass is 140 g/mol. The third-order valence-electron chi connectivity index (χ3n) is 1.54. The van der Waals surface area contributed by atoms with E-state index in [1.54, 1.807) is 6.33 Å². The summed E-state index contributed by atoms with van der Waals surface area (Å²) in [6.45, 7) is 0. The molecule has 2 heterocycles. The number of hydrogen-bond donors (Lipinski definition) is 1. The molecule has 0 unspecified atom stereocenters. The number of aromatic amines is 1. The van der Waals surface area contributed by atoms with E-state index in [-0.39, 0.29) is 0 Å². The molecule has 9 heavy (non-hydrogen) atoms. The highest BCUT2D eigenvalue weighted by Gasteiger charge is 2.09. The van der Waals surface area contributed by atoms with Crippen molar-refractivity contribution in [3.63, 3.8) is 0 Å². The van der Waals surface area contributed by atoms with E-state index in [4.69, 9.17) is 0 Å². The zero-order chi connectivity index (χ0) is 6.10. The Hall–Kier alpha value is -0.440. The number of H-pyrrole nitrogens is 1. The van der Waals surface area contributed by atoms with E-state index < -0.39 is 0 Å². The Morgan fingerprint density at radius 1 is 1.67 bits per heavy atom. The van der Waals surface area contributed by atoms with Gasteiger partial charge in [-0.05, 0) is 5.75 Å². The molecule has 2 nitrogen and oxygen atoms in total. The molecular weight excluding hydrogens is 132 g/mol. The average Bonchev–Trinajstić information content (AvgIpc) is 2.33. The molecule has 0 radical (unpaired) electrons. The van der Waals surface area contributed by atoms with Crippen molar-refractivity contribution in [3.05, 3.63) is 17.7 Å². The fourth-order valence-corrected chi connectivity index (χ4v) is 1.97. The summed E-state index contributed by atoms with van der Waals surface area (Å²) in [4.78, 5) is 7.31. The highest BCUT2D eigenvalue weighted by Crippen LogP contribution is 2.20. The van der Waals surface area contributed by atoms with Crippen LogP contribution in [-0.2, 0) is 12.2 Å². The molecule has 0 bridgehead atoms. The van der Waals surface area contributed by atoms with Gasteiger partial charge in [0.05, 0.1) is 12.0 Å². The number of nitrogens with one attached hydrogen (secondary N) is 1. The van der Waals surface area contributed by atoms with Gasteiger partial charge in [0.2, 0.25) is 0 Å². The van der Waals surface area contributed by atoms with Crippen molar-refractivity contribution in [1.29, 1.82) is 0 Å². The highest BCUT2D eigenvalue weighted by atomic mass is 32.2. The van der Waals surface area contributed by atoms with Crippen molar-refractivity contribution in [2.45, 2.75) is 12.2 Å². The second kappa shape index (κ2) is 2.06. The van der Waals surface area contributed by atoms with Crippen LogP contribution in [0.2, 0.25) is 0 Å². The molecule has 0 aliphatic carbocycles. The maximum Gasteiger partial charge on any atom is 0.0925 e. The standard InChI is InChI=1S/C6H8N2S/c1-2-9-3-6-5(1)7-4-8-6/h4H,1-3H2,(H,7,8). The number of thioether (sulfide) groups is 1. The molecule has 1 aliphatic heterocycles. The van der Waals surface area contributed by atoms with Gasteiger partial charge in [-0.3, -0.25) is 0 Å². The van der Waals surface area contributed by atoms with Crippen molar-refractivity contribution in [3.8, 4) is 0 Å². The number of hydrogen-bond acceptors (Lipinski definition) is 2. The van der Waals surface area contributed by atoms with Crippen LogP contribution < -0.4 is 0 Å². The maximum absolute atomic E-state index is 4.19. The number of aromatic nitrogens is 2. The molecule has 0 spiro atoms. The number of aryl methyl sites for hydroxylation is 1. The Kier molecular flexibility index (Phi) is 1.23. The van der Waals surface area contributed by atoms with Gasteiger partial charge in [-0.15, -0.1) is 0 Å². The largest absolute Gasteiger partial charge is 0.348 e. The summed E-state index contributed by atoms with van der Waals surface area (Å²) in [5.74, 6) is 2.35. The van der Waals surface area contributed by atoms with Gasteiger partial charge in [0.1, 0.15) is 0 Å². The summed E-state index contributed by atoms with van der Waals surface area (Å²) in [6.07, 6.45) is 2.93. The minimum absolute atomic E-state index is 1.12. The molecule has 2 rings (SSSR count). The van der Waals surface area contributed by atoms with Gasteiger partial charge in [-0.25, -0.2) is 4.98 Å². The van der Waals surface area contributed by atoms with Crippen molar-refractivity contribution < 1.29 is 0 Å². The number of fused-ring (bicyclic) bond motifs is 1. The zero-order valence-electron chi connectivity index (χ0n) is 5.05. The number of imidazole rings is 1. The predicted octanol–water partition coefficient (Wildman–Crippen LogP) is 1.20. The smallest absolute Gasteiger partial charge is 0.0925 e. The van der Waals surface area contributed by atoms with Gasteiger partial charge in [-0.2, -0.15) is 11.8 Å².